The molecule has 0 radical (unpaired) electrons. The number of aromatic nitrogens is 2. The monoisotopic (exact) mass is 251 g/mol. The lowest BCUT2D eigenvalue weighted by molar-refractivity contribution is 0.0751. The van der Waals surface area contributed by atoms with Gasteiger partial charge in [-0.1, -0.05) is 24.4 Å². The fourth-order valence-corrected chi connectivity index (χ4v) is 2.86. The van der Waals surface area contributed by atoms with E-state index in [1.165, 1.54) is 19.3 Å². The highest BCUT2D eigenvalue weighted by molar-refractivity contribution is 5.06. The summed E-state index contributed by atoms with van der Waals surface area (Å²) in [5, 5.41) is 4.08. The molecule has 0 spiro atoms. The fourth-order valence-electron chi connectivity index (χ4n) is 2.86. The van der Waals surface area contributed by atoms with Crippen molar-refractivity contribution in [2.75, 3.05) is 7.11 Å². The standard InChI is InChI=1S/C13H21N3O2/c1-17-10(9-5-6-9)11-15-12(18-16-11)13(14)7-3-2-4-8-13/h9-10H,2-8,14H2,1H3. The van der Waals surface area contributed by atoms with Crippen molar-refractivity contribution in [2.45, 2.75) is 56.6 Å². The molecule has 1 aromatic rings. The average Bonchev–Trinajstić information content (AvgIpc) is 3.07. The molecule has 0 amide bonds. The first-order chi connectivity index (χ1) is 8.73. The van der Waals surface area contributed by atoms with Crippen molar-refractivity contribution in [3.05, 3.63) is 11.7 Å². The van der Waals surface area contributed by atoms with Gasteiger partial charge in [0, 0.05) is 7.11 Å². The first-order valence-electron chi connectivity index (χ1n) is 6.89. The number of hydrogen-bond donors (Lipinski definition) is 1. The van der Waals surface area contributed by atoms with Crippen LogP contribution in [0.2, 0.25) is 0 Å². The summed E-state index contributed by atoms with van der Waals surface area (Å²) in [6.45, 7) is 0. The van der Waals surface area contributed by atoms with Crippen LogP contribution in [0.3, 0.4) is 0 Å². The van der Waals surface area contributed by atoms with Crippen LogP contribution in [0, 0.1) is 5.92 Å². The first-order valence-corrected chi connectivity index (χ1v) is 6.89. The number of nitrogens with two attached hydrogens (primary N) is 1. The second kappa shape index (κ2) is 4.63. The number of methoxy groups -OCH3 is 1. The Kier molecular flexibility index (Phi) is 3.11. The topological polar surface area (TPSA) is 74.2 Å². The molecule has 2 fully saturated rings. The lowest BCUT2D eigenvalue weighted by Gasteiger charge is -2.29. The van der Waals surface area contributed by atoms with Gasteiger partial charge in [-0.15, -0.1) is 0 Å². The molecule has 3 rings (SSSR count). The summed E-state index contributed by atoms with van der Waals surface area (Å²) in [6.07, 6.45) is 7.78. The number of ether oxygens (including phenoxy) is 1. The van der Waals surface area contributed by atoms with E-state index in [0.717, 1.165) is 25.7 Å². The highest BCUT2D eigenvalue weighted by atomic mass is 16.5. The van der Waals surface area contributed by atoms with Crippen LogP contribution < -0.4 is 5.73 Å². The Morgan fingerprint density at radius 3 is 2.67 bits per heavy atom. The zero-order valence-electron chi connectivity index (χ0n) is 10.9. The Bertz CT molecular complexity index is 408. The van der Waals surface area contributed by atoms with Gasteiger partial charge in [-0.05, 0) is 31.6 Å². The number of nitrogens with zero attached hydrogens (tertiary/aromatic N) is 2. The van der Waals surface area contributed by atoms with Gasteiger partial charge in [0.15, 0.2) is 0 Å². The maximum Gasteiger partial charge on any atom is 0.246 e. The minimum Gasteiger partial charge on any atom is -0.373 e. The zero-order valence-corrected chi connectivity index (χ0v) is 10.9. The van der Waals surface area contributed by atoms with Crippen LogP contribution in [0.25, 0.3) is 0 Å². The maximum absolute atomic E-state index is 6.39. The van der Waals surface area contributed by atoms with Gasteiger partial charge in [0.05, 0.1) is 5.54 Å². The highest BCUT2D eigenvalue weighted by Crippen LogP contribution is 2.42. The summed E-state index contributed by atoms with van der Waals surface area (Å²) in [4.78, 5) is 4.51. The van der Waals surface area contributed by atoms with E-state index in [1.807, 2.05) is 0 Å². The van der Waals surface area contributed by atoms with Crippen molar-refractivity contribution >= 4 is 0 Å². The first kappa shape index (κ1) is 12.1. The van der Waals surface area contributed by atoms with E-state index in [4.69, 9.17) is 15.0 Å². The smallest absolute Gasteiger partial charge is 0.246 e. The summed E-state index contributed by atoms with van der Waals surface area (Å²) in [7, 11) is 1.71. The molecule has 5 heteroatoms. The van der Waals surface area contributed by atoms with Gasteiger partial charge < -0.3 is 15.0 Å². The van der Waals surface area contributed by atoms with Crippen LogP contribution in [0.4, 0.5) is 0 Å². The molecule has 2 N–H and O–H groups in total. The molecule has 0 saturated heterocycles. The molecule has 2 saturated carbocycles. The van der Waals surface area contributed by atoms with E-state index in [1.54, 1.807) is 7.11 Å². The van der Waals surface area contributed by atoms with Gasteiger partial charge in [0.2, 0.25) is 11.7 Å². The van der Waals surface area contributed by atoms with E-state index >= 15 is 0 Å². The van der Waals surface area contributed by atoms with E-state index in [0.29, 0.717) is 17.6 Å². The SMILES string of the molecule is COC(c1noc(C2(N)CCCCC2)n1)C1CC1. The van der Waals surface area contributed by atoms with Crippen molar-refractivity contribution in [1.82, 2.24) is 10.1 Å². The predicted octanol–water partition coefficient (Wildman–Crippen LogP) is 2.29. The summed E-state index contributed by atoms with van der Waals surface area (Å²) in [5.41, 5.74) is 5.98. The molecular weight excluding hydrogens is 230 g/mol. The normalized spacial score (nSPS) is 25.0. The highest BCUT2D eigenvalue weighted by Gasteiger charge is 2.39. The van der Waals surface area contributed by atoms with Crippen molar-refractivity contribution in [2.24, 2.45) is 11.7 Å². The van der Waals surface area contributed by atoms with Gasteiger partial charge in [0.1, 0.15) is 6.10 Å². The van der Waals surface area contributed by atoms with Crippen molar-refractivity contribution in [3.8, 4) is 0 Å². The van der Waals surface area contributed by atoms with Gasteiger partial charge in [-0.2, -0.15) is 4.98 Å². The van der Waals surface area contributed by atoms with E-state index < -0.39 is 5.54 Å². The molecule has 5 nitrogen and oxygen atoms in total. The zero-order chi connectivity index (χ0) is 12.6. The molecule has 0 aromatic carbocycles. The molecule has 100 valence electrons. The Morgan fingerprint density at radius 1 is 1.33 bits per heavy atom. The molecule has 18 heavy (non-hydrogen) atoms. The van der Waals surface area contributed by atoms with Crippen LogP contribution in [0.1, 0.15) is 62.8 Å². The fraction of sp³-hybridized carbons (Fsp3) is 0.846. The summed E-state index contributed by atoms with van der Waals surface area (Å²) >= 11 is 0. The third-order valence-corrected chi connectivity index (χ3v) is 4.17. The van der Waals surface area contributed by atoms with Gasteiger partial charge in [-0.25, -0.2) is 0 Å². The molecule has 1 unspecified atom stereocenters. The second-order valence-electron chi connectivity index (χ2n) is 5.67. The predicted molar refractivity (Wildman–Crippen MR) is 65.7 cm³/mol. The molecule has 1 aromatic heterocycles. The van der Waals surface area contributed by atoms with E-state index in [-0.39, 0.29) is 6.10 Å². The lowest BCUT2D eigenvalue weighted by atomic mass is 9.82. The number of rotatable bonds is 4. The minimum absolute atomic E-state index is 0.0188. The lowest BCUT2D eigenvalue weighted by Crippen LogP contribution is -2.39. The van der Waals surface area contributed by atoms with E-state index in [2.05, 4.69) is 10.1 Å². The van der Waals surface area contributed by atoms with Crippen molar-refractivity contribution in [3.63, 3.8) is 0 Å². The van der Waals surface area contributed by atoms with Crippen LogP contribution in [-0.4, -0.2) is 17.3 Å². The molecule has 0 bridgehead atoms. The summed E-state index contributed by atoms with van der Waals surface area (Å²) < 4.78 is 10.9. The molecule has 2 aliphatic carbocycles. The molecule has 2 aliphatic rings. The summed E-state index contributed by atoms with van der Waals surface area (Å²) in [5.74, 6) is 1.82. The van der Waals surface area contributed by atoms with Crippen LogP contribution in [0.5, 0.6) is 0 Å². The molecule has 0 aliphatic heterocycles. The molecule has 1 heterocycles. The maximum atomic E-state index is 6.39. The molecular formula is C13H21N3O2. The third kappa shape index (κ3) is 2.17. The van der Waals surface area contributed by atoms with Gasteiger partial charge in [0.25, 0.3) is 0 Å². The van der Waals surface area contributed by atoms with Crippen molar-refractivity contribution < 1.29 is 9.26 Å². The van der Waals surface area contributed by atoms with Gasteiger partial charge >= 0.3 is 0 Å². The van der Waals surface area contributed by atoms with Crippen LogP contribution >= 0.6 is 0 Å². The minimum atomic E-state index is -0.411. The largest absolute Gasteiger partial charge is 0.373 e. The van der Waals surface area contributed by atoms with E-state index in [9.17, 15) is 0 Å². The van der Waals surface area contributed by atoms with Crippen LogP contribution in [0.15, 0.2) is 4.52 Å². The van der Waals surface area contributed by atoms with Crippen LogP contribution in [-0.2, 0) is 10.3 Å². The van der Waals surface area contributed by atoms with Gasteiger partial charge in [-0.3, -0.25) is 0 Å². The number of hydrogen-bond acceptors (Lipinski definition) is 5. The Hall–Kier alpha value is -0.940. The average molecular weight is 251 g/mol. The quantitative estimate of drug-likeness (QED) is 0.888. The Labute approximate surface area is 107 Å². The van der Waals surface area contributed by atoms with Crippen molar-refractivity contribution in [1.29, 1.82) is 0 Å². The Balaban J connectivity index is 1.79. The third-order valence-electron chi connectivity index (χ3n) is 4.17. The summed E-state index contributed by atoms with van der Waals surface area (Å²) in [6, 6.07) is 0. The second-order valence-corrected chi connectivity index (χ2v) is 5.67. The molecule has 1 atom stereocenters. The Morgan fingerprint density at radius 2 is 2.06 bits per heavy atom.